The predicted octanol–water partition coefficient (Wildman–Crippen LogP) is 3.51. The summed E-state index contributed by atoms with van der Waals surface area (Å²) in [7, 11) is 0. The van der Waals surface area contributed by atoms with E-state index in [0.29, 0.717) is 19.3 Å². The van der Waals surface area contributed by atoms with Crippen molar-refractivity contribution in [2.75, 3.05) is 5.32 Å². The van der Waals surface area contributed by atoms with E-state index in [1.165, 1.54) is 0 Å². The molecule has 0 amide bonds. The number of fused-ring (bicyclic) bond motifs is 1. The highest BCUT2D eigenvalue weighted by molar-refractivity contribution is 5.57. The Hall–Kier alpha value is -1.23. The molecule has 0 radical (unpaired) electrons. The number of benzene rings is 1. The van der Waals surface area contributed by atoms with E-state index in [4.69, 9.17) is 0 Å². The minimum absolute atomic E-state index is 0.130. The summed E-state index contributed by atoms with van der Waals surface area (Å²) in [5.41, 5.74) is 0.734. The minimum Gasteiger partial charge on any atom is -0.388 e. The van der Waals surface area contributed by atoms with Crippen molar-refractivity contribution in [3.8, 4) is 0 Å². The van der Waals surface area contributed by atoms with Gasteiger partial charge >= 0.3 is 6.18 Å². The van der Waals surface area contributed by atoms with E-state index in [-0.39, 0.29) is 18.9 Å². The summed E-state index contributed by atoms with van der Waals surface area (Å²) in [6, 6.07) is 7.34. The Morgan fingerprint density at radius 2 is 2.00 bits per heavy atom. The van der Waals surface area contributed by atoms with E-state index in [1.54, 1.807) is 0 Å². The highest BCUT2D eigenvalue weighted by atomic mass is 19.4. The van der Waals surface area contributed by atoms with Crippen molar-refractivity contribution < 1.29 is 18.3 Å². The van der Waals surface area contributed by atoms with Crippen LogP contribution in [0.5, 0.6) is 0 Å². The number of anilines is 1. The van der Waals surface area contributed by atoms with Crippen LogP contribution in [0, 0.1) is 5.92 Å². The lowest BCUT2D eigenvalue weighted by Gasteiger charge is -2.41. The Labute approximate surface area is 116 Å². The molecule has 1 saturated carbocycles. The second-order valence-corrected chi connectivity index (χ2v) is 6.00. The quantitative estimate of drug-likeness (QED) is 0.827. The molecule has 3 atom stereocenters. The van der Waals surface area contributed by atoms with E-state index >= 15 is 0 Å². The van der Waals surface area contributed by atoms with Crippen LogP contribution in [0.3, 0.4) is 0 Å². The maximum absolute atomic E-state index is 12.9. The number of rotatable bonds is 1. The smallest absolute Gasteiger partial charge is 0.388 e. The van der Waals surface area contributed by atoms with Crippen LogP contribution in [0.4, 0.5) is 18.9 Å². The summed E-state index contributed by atoms with van der Waals surface area (Å²) in [5.74, 6) is -1.38. The van der Waals surface area contributed by atoms with Crippen LogP contribution < -0.4 is 5.32 Å². The van der Waals surface area contributed by atoms with E-state index in [1.807, 2.05) is 24.3 Å². The zero-order valence-electron chi connectivity index (χ0n) is 11.1. The fourth-order valence-corrected chi connectivity index (χ4v) is 3.50. The lowest BCUT2D eigenvalue weighted by molar-refractivity contribution is -0.201. The first-order chi connectivity index (χ1) is 9.38. The van der Waals surface area contributed by atoms with E-state index in [0.717, 1.165) is 11.3 Å². The maximum Gasteiger partial charge on any atom is 0.391 e. The number of halogens is 3. The van der Waals surface area contributed by atoms with Gasteiger partial charge in [-0.15, -0.1) is 0 Å². The van der Waals surface area contributed by atoms with Crippen LogP contribution in [-0.2, 0) is 6.42 Å². The van der Waals surface area contributed by atoms with Crippen LogP contribution in [0.15, 0.2) is 24.3 Å². The maximum atomic E-state index is 12.9. The molecule has 0 spiro atoms. The van der Waals surface area contributed by atoms with E-state index < -0.39 is 17.7 Å². The molecule has 1 heterocycles. The summed E-state index contributed by atoms with van der Waals surface area (Å²) in [6.45, 7) is 0. The number of alkyl halides is 3. The van der Waals surface area contributed by atoms with Crippen molar-refractivity contribution in [1.82, 2.24) is 0 Å². The van der Waals surface area contributed by atoms with Gasteiger partial charge in [0.15, 0.2) is 0 Å². The Bertz CT molecular complexity index is 477. The molecular weight excluding hydrogens is 267 g/mol. The molecule has 1 aliphatic carbocycles. The summed E-state index contributed by atoms with van der Waals surface area (Å²) in [4.78, 5) is 0. The molecule has 110 valence electrons. The SMILES string of the molecule is OC1(C2Cc3ccccc3N2)CCCC(C(F)(F)F)C1. The van der Waals surface area contributed by atoms with Gasteiger partial charge in [0, 0.05) is 5.69 Å². The average molecular weight is 285 g/mol. The molecule has 1 aliphatic heterocycles. The third-order valence-corrected chi connectivity index (χ3v) is 4.64. The largest absolute Gasteiger partial charge is 0.391 e. The van der Waals surface area contributed by atoms with Gasteiger partial charge in [0.2, 0.25) is 0 Å². The van der Waals surface area contributed by atoms with Gasteiger partial charge < -0.3 is 10.4 Å². The van der Waals surface area contributed by atoms with Gasteiger partial charge in [0.25, 0.3) is 0 Å². The highest BCUT2D eigenvalue weighted by Crippen LogP contribution is 2.45. The second-order valence-electron chi connectivity index (χ2n) is 6.00. The average Bonchev–Trinajstić information content (AvgIpc) is 2.82. The molecule has 1 aromatic carbocycles. The van der Waals surface area contributed by atoms with Crippen molar-refractivity contribution in [2.24, 2.45) is 5.92 Å². The number of hydrogen-bond acceptors (Lipinski definition) is 2. The van der Waals surface area contributed by atoms with Gasteiger partial charge in [-0.05, 0) is 43.7 Å². The first-order valence-corrected chi connectivity index (χ1v) is 7.02. The third kappa shape index (κ3) is 2.39. The van der Waals surface area contributed by atoms with Crippen LogP contribution in [0.2, 0.25) is 0 Å². The number of aliphatic hydroxyl groups is 1. The van der Waals surface area contributed by atoms with Crippen LogP contribution in [0.25, 0.3) is 0 Å². The van der Waals surface area contributed by atoms with Gasteiger partial charge in [-0.25, -0.2) is 0 Å². The van der Waals surface area contributed by atoms with Gasteiger partial charge in [-0.3, -0.25) is 0 Å². The first-order valence-electron chi connectivity index (χ1n) is 7.02. The first kappa shape index (κ1) is 13.7. The van der Waals surface area contributed by atoms with Crippen molar-refractivity contribution in [2.45, 2.75) is 49.9 Å². The van der Waals surface area contributed by atoms with Crippen molar-refractivity contribution in [1.29, 1.82) is 0 Å². The van der Waals surface area contributed by atoms with Gasteiger partial charge in [0.1, 0.15) is 0 Å². The molecule has 3 unspecified atom stereocenters. The Kier molecular flexibility index (Phi) is 3.20. The highest BCUT2D eigenvalue weighted by Gasteiger charge is 2.50. The monoisotopic (exact) mass is 285 g/mol. The zero-order chi connectivity index (χ0) is 14.4. The lowest BCUT2D eigenvalue weighted by Crippen LogP contribution is -2.51. The van der Waals surface area contributed by atoms with Gasteiger partial charge in [-0.1, -0.05) is 18.2 Å². The Morgan fingerprint density at radius 3 is 2.70 bits per heavy atom. The summed E-state index contributed by atoms with van der Waals surface area (Å²) < 4.78 is 38.7. The minimum atomic E-state index is -4.21. The summed E-state index contributed by atoms with van der Waals surface area (Å²) in [5, 5.41) is 13.9. The lowest BCUT2D eigenvalue weighted by atomic mass is 9.73. The van der Waals surface area contributed by atoms with Crippen molar-refractivity contribution >= 4 is 5.69 Å². The van der Waals surface area contributed by atoms with E-state index in [2.05, 4.69) is 5.32 Å². The molecule has 5 heteroatoms. The number of nitrogens with one attached hydrogen (secondary N) is 1. The van der Waals surface area contributed by atoms with Crippen molar-refractivity contribution in [3.05, 3.63) is 29.8 Å². The molecule has 1 fully saturated rings. The van der Waals surface area contributed by atoms with Crippen LogP contribution in [-0.4, -0.2) is 22.9 Å². The summed E-state index contributed by atoms with van der Waals surface area (Å²) in [6.07, 6.45) is -2.81. The fraction of sp³-hybridized carbons (Fsp3) is 0.600. The standard InChI is InChI=1S/C15H18F3NO/c16-15(17,18)11-5-3-7-14(20,9-11)13-8-10-4-1-2-6-12(10)19-13/h1-2,4,6,11,13,19-20H,3,5,7-9H2. The molecule has 0 aromatic heterocycles. The van der Waals surface area contributed by atoms with E-state index in [9.17, 15) is 18.3 Å². The van der Waals surface area contributed by atoms with Gasteiger partial charge in [-0.2, -0.15) is 13.2 Å². The molecule has 2 aliphatic rings. The molecule has 2 N–H and O–H groups in total. The molecule has 2 nitrogen and oxygen atoms in total. The topological polar surface area (TPSA) is 32.3 Å². The fourth-order valence-electron chi connectivity index (χ4n) is 3.50. The van der Waals surface area contributed by atoms with Crippen molar-refractivity contribution in [3.63, 3.8) is 0 Å². The summed E-state index contributed by atoms with van der Waals surface area (Å²) >= 11 is 0. The third-order valence-electron chi connectivity index (χ3n) is 4.64. The van der Waals surface area contributed by atoms with Crippen LogP contribution >= 0.6 is 0 Å². The molecule has 0 bridgehead atoms. The molecule has 1 aromatic rings. The molecular formula is C15H18F3NO. The second kappa shape index (κ2) is 4.65. The van der Waals surface area contributed by atoms with Gasteiger partial charge in [0.05, 0.1) is 17.6 Å². The number of para-hydroxylation sites is 1. The Balaban J connectivity index is 1.77. The zero-order valence-corrected chi connectivity index (χ0v) is 11.1. The predicted molar refractivity (Wildman–Crippen MR) is 70.5 cm³/mol. The molecule has 20 heavy (non-hydrogen) atoms. The normalized spacial score (nSPS) is 33.6. The van der Waals surface area contributed by atoms with Crippen LogP contribution in [0.1, 0.15) is 31.2 Å². The molecule has 3 rings (SSSR count). The molecule has 0 saturated heterocycles. The number of hydrogen-bond donors (Lipinski definition) is 2. The Morgan fingerprint density at radius 1 is 1.25 bits per heavy atom.